The summed E-state index contributed by atoms with van der Waals surface area (Å²) in [7, 11) is -3.63. The van der Waals surface area contributed by atoms with Crippen LogP contribution < -0.4 is 10.0 Å². The van der Waals surface area contributed by atoms with Gasteiger partial charge in [0.2, 0.25) is 15.9 Å². The normalized spacial score (nSPS) is 11.3. The maximum atomic E-state index is 12.4. The largest absolute Gasteiger partial charge is 0.326 e. The van der Waals surface area contributed by atoms with E-state index in [0.29, 0.717) is 11.3 Å². The second kappa shape index (κ2) is 8.51. The van der Waals surface area contributed by atoms with E-state index in [1.165, 1.54) is 0 Å². The molecular formula is C18H22N2O3S2. The summed E-state index contributed by atoms with van der Waals surface area (Å²) in [6, 6.07) is 12.8. The van der Waals surface area contributed by atoms with Crippen LogP contribution >= 0.6 is 11.8 Å². The van der Waals surface area contributed by atoms with Crippen molar-refractivity contribution in [2.75, 3.05) is 18.1 Å². The summed E-state index contributed by atoms with van der Waals surface area (Å²) in [4.78, 5) is 13.3. The highest BCUT2D eigenvalue weighted by Crippen LogP contribution is 2.19. The number of nitrogens with one attached hydrogen (secondary N) is 2. The standard InChI is InChI=1S/C18H22N2O3S2/c1-13-7-8-14(2)17(11-13)25(22,23)19-10-9-18(21)20-15-5-4-6-16(12-15)24-3/h4-8,11-12,19H,9-10H2,1-3H3,(H,20,21). The molecule has 134 valence electrons. The minimum absolute atomic E-state index is 0.0454. The van der Waals surface area contributed by atoms with Crippen LogP contribution in [-0.4, -0.2) is 27.1 Å². The van der Waals surface area contributed by atoms with Gasteiger partial charge >= 0.3 is 0 Å². The lowest BCUT2D eigenvalue weighted by molar-refractivity contribution is -0.116. The van der Waals surface area contributed by atoms with E-state index in [1.54, 1.807) is 36.9 Å². The molecule has 0 unspecified atom stereocenters. The molecule has 2 rings (SSSR count). The zero-order chi connectivity index (χ0) is 18.4. The SMILES string of the molecule is CSc1cccc(NC(=O)CCNS(=O)(=O)c2cc(C)ccc2C)c1. The van der Waals surface area contributed by atoms with E-state index in [0.717, 1.165) is 10.5 Å². The maximum absolute atomic E-state index is 12.4. The first-order chi connectivity index (χ1) is 11.8. The molecule has 25 heavy (non-hydrogen) atoms. The fourth-order valence-electron chi connectivity index (χ4n) is 2.30. The molecule has 0 aliphatic carbocycles. The van der Waals surface area contributed by atoms with Gasteiger partial charge in [-0.25, -0.2) is 13.1 Å². The third-order valence-corrected chi connectivity index (χ3v) is 5.96. The van der Waals surface area contributed by atoms with Crippen molar-refractivity contribution in [2.45, 2.75) is 30.1 Å². The van der Waals surface area contributed by atoms with Crippen molar-refractivity contribution in [3.63, 3.8) is 0 Å². The summed E-state index contributed by atoms with van der Waals surface area (Å²) in [5.74, 6) is -0.234. The number of hydrogen-bond acceptors (Lipinski definition) is 4. The first-order valence-corrected chi connectivity index (χ1v) is 10.5. The van der Waals surface area contributed by atoms with Gasteiger partial charge in [-0.2, -0.15) is 0 Å². The number of benzene rings is 2. The molecule has 0 saturated heterocycles. The summed E-state index contributed by atoms with van der Waals surface area (Å²) in [5, 5.41) is 2.78. The molecule has 2 aromatic carbocycles. The smallest absolute Gasteiger partial charge is 0.240 e. The van der Waals surface area contributed by atoms with E-state index in [-0.39, 0.29) is 23.8 Å². The summed E-state index contributed by atoms with van der Waals surface area (Å²) in [5.41, 5.74) is 2.25. The molecule has 0 atom stereocenters. The molecular weight excluding hydrogens is 356 g/mol. The van der Waals surface area contributed by atoms with Gasteiger partial charge < -0.3 is 5.32 Å². The zero-order valence-corrected chi connectivity index (χ0v) is 16.1. The van der Waals surface area contributed by atoms with Crippen LogP contribution in [0.15, 0.2) is 52.3 Å². The zero-order valence-electron chi connectivity index (χ0n) is 14.5. The number of aryl methyl sites for hydroxylation is 2. The van der Waals surface area contributed by atoms with Crippen molar-refractivity contribution in [1.29, 1.82) is 0 Å². The van der Waals surface area contributed by atoms with E-state index in [1.807, 2.05) is 37.4 Å². The molecule has 5 nitrogen and oxygen atoms in total. The third kappa shape index (κ3) is 5.59. The van der Waals surface area contributed by atoms with Gasteiger partial charge in [-0.3, -0.25) is 4.79 Å². The van der Waals surface area contributed by atoms with Gasteiger partial charge in [0, 0.05) is 23.5 Å². The predicted molar refractivity (Wildman–Crippen MR) is 103 cm³/mol. The fourth-order valence-corrected chi connectivity index (χ4v) is 4.12. The molecule has 0 saturated carbocycles. The lowest BCUT2D eigenvalue weighted by Crippen LogP contribution is -2.28. The Kier molecular flexibility index (Phi) is 6.64. The van der Waals surface area contributed by atoms with Gasteiger partial charge in [0.05, 0.1) is 4.90 Å². The lowest BCUT2D eigenvalue weighted by atomic mass is 10.2. The van der Waals surface area contributed by atoms with Crippen LogP contribution in [0.4, 0.5) is 5.69 Å². The van der Waals surface area contributed by atoms with Crippen LogP contribution in [-0.2, 0) is 14.8 Å². The number of anilines is 1. The Bertz CT molecular complexity index is 864. The quantitative estimate of drug-likeness (QED) is 0.725. The topological polar surface area (TPSA) is 75.3 Å². The maximum Gasteiger partial charge on any atom is 0.240 e. The summed E-state index contributed by atoms with van der Waals surface area (Å²) >= 11 is 1.59. The molecule has 2 N–H and O–H groups in total. The Labute approximate surface area is 153 Å². The van der Waals surface area contributed by atoms with Gasteiger partial charge in [0.25, 0.3) is 0 Å². The molecule has 0 aliphatic heterocycles. The Balaban J connectivity index is 1.92. The molecule has 0 aromatic heterocycles. The molecule has 0 bridgehead atoms. The average Bonchev–Trinajstić information content (AvgIpc) is 2.57. The van der Waals surface area contributed by atoms with Crippen molar-refractivity contribution in [1.82, 2.24) is 4.72 Å². The van der Waals surface area contributed by atoms with Crippen LogP contribution in [0.2, 0.25) is 0 Å². The van der Waals surface area contributed by atoms with Crippen molar-refractivity contribution < 1.29 is 13.2 Å². The summed E-state index contributed by atoms with van der Waals surface area (Å²) in [6.45, 7) is 3.64. The highest BCUT2D eigenvalue weighted by molar-refractivity contribution is 7.98. The molecule has 7 heteroatoms. The minimum Gasteiger partial charge on any atom is -0.326 e. The summed E-state index contributed by atoms with van der Waals surface area (Å²) in [6.07, 6.45) is 2.02. The Hall–Kier alpha value is -1.83. The number of thioether (sulfide) groups is 1. The Morgan fingerprint density at radius 3 is 2.60 bits per heavy atom. The van der Waals surface area contributed by atoms with E-state index < -0.39 is 10.0 Å². The lowest BCUT2D eigenvalue weighted by Gasteiger charge is -2.10. The number of sulfonamides is 1. The van der Waals surface area contributed by atoms with E-state index in [2.05, 4.69) is 10.0 Å². The highest BCUT2D eigenvalue weighted by atomic mass is 32.2. The average molecular weight is 379 g/mol. The second-order valence-electron chi connectivity index (χ2n) is 5.70. The molecule has 0 spiro atoms. The van der Waals surface area contributed by atoms with Crippen LogP contribution in [0.5, 0.6) is 0 Å². The number of hydrogen-bond donors (Lipinski definition) is 2. The summed E-state index contributed by atoms with van der Waals surface area (Å²) < 4.78 is 27.3. The molecule has 0 radical (unpaired) electrons. The first-order valence-electron chi connectivity index (χ1n) is 7.82. The molecule has 0 aliphatic rings. The number of rotatable bonds is 7. The Morgan fingerprint density at radius 1 is 1.12 bits per heavy atom. The van der Waals surface area contributed by atoms with Crippen LogP contribution in [0.1, 0.15) is 17.5 Å². The molecule has 2 aromatic rings. The van der Waals surface area contributed by atoms with Gasteiger partial charge in [-0.1, -0.05) is 18.2 Å². The molecule has 0 fully saturated rings. The van der Waals surface area contributed by atoms with Gasteiger partial charge in [0.1, 0.15) is 0 Å². The second-order valence-corrected chi connectivity index (χ2v) is 8.31. The van der Waals surface area contributed by atoms with E-state index >= 15 is 0 Å². The third-order valence-electron chi connectivity index (χ3n) is 3.63. The first kappa shape index (κ1) is 19.5. The van der Waals surface area contributed by atoms with E-state index in [4.69, 9.17) is 0 Å². The van der Waals surface area contributed by atoms with Crippen molar-refractivity contribution >= 4 is 33.4 Å². The molecule has 1 amide bonds. The number of amides is 1. The monoisotopic (exact) mass is 378 g/mol. The number of carbonyl (C=O) groups excluding carboxylic acids is 1. The number of carbonyl (C=O) groups is 1. The van der Waals surface area contributed by atoms with Crippen LogP contribution in [0.25, 0.3) is 0 Å². The van der Waals surface area contributed by atoms with Gasteiger partial charge in [0.15, 0.2) is 0 Å². The van der Waals surface area contributed by atoms with Gasteiger partial charge in [-0.15, -0.1) is 11.8 Å². The fraction of sp³-hybridized carbons (Fsp3) is 0.278. The van der Waals surface area contributed by atoms with E-state index in [9.17, 15) is 13.2 Å². The highest BCUT2D eigenvalue weighted by Gasteiger charge is 2.17. The van der Waals surface area contributed by atoms with Crippen LogP contribution in [0, 0.1) is 13.8 Å². The van der Waals surface area contributed by atoms with Crippen molar-refractivity contribution in [3.8, 4) is 0 Å². The van der Waals surface area contributed by atoms with Crippen molar-refractivity contribution in [2.24, 2.45) is 0 Å². The minimum atomic E-state index is -3.63. The van der Waals surface area contributed by atoms with Gasteiger partial charge in [-0.05, 0) is 55.5 Å². The molecule has 0 heterocycles. The Morgan fingerprint density at radius 2 is 1.88 bits per heavy atom. The van der Waals surface area contributed by atoms with Crippen LogP contribution in [0.3, 0.4) is 0 Å². The van der Waals surface area contributed by atoms with Crippen molar-refractivity contribution in [3.05, 3.63) is 53.6 Å². The predicted octanol–water partition coefficient (Wildman–Crippen LogP) is 3.33.